The summed E-state index contributed by atoms with van der Waals surface area (Å²) in [6.07, 6.45) is 1.68. The highest BCUT2D eigenvalue weighted by Gasteiger charge is 2.12. The van der Waals surface area contributed by atoms with E-state index >= 15 is 0 Å². The van der Waals surface area contributed by atoms with Gasteiger partial charge < -0.3 is 5.32 Å². The van der Waals surface area contributed by atoms with Crippen LogP contribution in [0.2, 0.25) is 0 Å². The molecule has 1 heterocycles. The predicted molar refractivity (Wildman–Crippen MR) is 94.1 cm³/mol. The number of carbonyl (C=O) groups excluding carboxylic acids is 1. The quantitative estimate of drug-likeness (QED) is 0.762. The summed E-state index contributed by atoms with van der Waals surface area (Å²) in [7, 11) is -1.68. The van der Waals surface area contributed by atoms with Gasteiger partial charge in [-0.2, -0.15) is 0 Å². The molecule has 0 aliphatic rings. The first kappa shape index (κ1) is 18.6. The van der Waals surface area contributed by atoms with Crippen LogP contribution in [0.3, 0.4) is 0 Å². The summed E-state index contributed by atoms with van der Waals surface area (Å²) in [5.74, 6) is -0.497. The fraction of sp³-hybridized carbons (Fsp3) is 0.312. The Morgan fingerprint density at radius 2 is 1.88 bits per heavy atom. The summed E-state index contributed by atoms with van der Waals surface area (Å²) in [6, 6.07) is 9.65. The standard InChI is InChI=1S/C16H19FN2O3S2/c1-19(24(2,21)22)11-3-10-18-16(20)15-9-8-14(23-15)12-4-6-13(17)7-5-12/h4-9H,3,10-11H2,1-2H3,(H,18,20). The van der Waals surface area contributed by atoms with E-state index in [9.17, 15) is 17.6 Å². The van der Waals surface area contributed by atoms with Crippen LogP contribution in [-0.4, -0.2) is 45.0 Å². The fourth-order valence-corrected chi connectivity index (χ4v) is 3.37. The van der Waals surface area contributed by atoms with Crippen molar-refractivity contribution in [1.82, 2.24) is 9.62 Å². The molecule has 0 unspecified atom stereocenters. The van der Waals surface area contributed by atoms with E-state index in [0.29, 0.717) is 24.4 Å². The molecule has 1 amide bonds. The van der Waals surface area contributed by atoms with Gasteiger partial charge in [-0.25, -0.2) is 17.1 Å². The minimum atomic E-state index is -3.19. The van der Waals surface area contributed by atoms with Gasteiger partial charge >= 0.3 is 0 Å². The van der Waals surface area contributed by atoms with E-state index in [1.807, 2.05) is 6.07 Å². The van der Waals surface area contributed by atoms with Crippen molar-refractivity contribution < 1.29 is 17.6 Å². The summed E-state index contributed by atoms with van der Waals surface area (Å²) in [6.45, 7) is 0.743. The summed E-state index contributed by atoms with van der Waals surface area (Å²) in [4.78, 5) is 13.5. The molecule has 0 saturated heterocycles. The van der Waals surface area contributed by atoms with E-state index in [4.69, 9.17) is 0 Å². The highest BCUT2D eigenvalue weighted by atomic mass is 32.2. The number of benzene rings is 1. The minimum absolute atomic E-state index is 0.199. The molecule has 1 aromatic carbocycles. The lowest BCUT2D eigenvalue weighted by molar-refractivity contribution is 0.0957. The van der Waals surface area contributed by atoms with Crippen LogP contribution in [0.1, 0.15) is 16.1 Å². The maximum Gasteiger partial charge on any atom is 0.261 e. The maximum atomic E-state index is 12.9. The van der Waals surface area contributed by atoms with Crippen molar-refractivity contribution in [2.24, 2.45) is 0 Å². The average molecular weight is 370 g/mol. The maximum absolute atomic E-state index is 12.9. The number of carbonyl (C=O) groups is 1. The number of halogens is 1. The Hall–Kier alpha value is -1.77. The van der Waals surface area contributed by atoms with Gasteiger partial charge in [-0.1, -0.05) is 12.1 Å². The number of nitrogens with one attached hydrogen (secondary N) is 1. The van der Waals surface area contributed by atoms with E-state index < -0.39 is 10.0 Å². The Morgan fingerprint density at radius 3 is 2.50 bits per heavy atom. The summed E-state index contributed by atoms with van der Waals surface area (Å²) in [5, 5.41) is 2.77. The van der Waals surface area contributed by atoms with Crippen LogP contribution >= 0.6 is 11.3 Å². The first-order valence-electron chi connectivity index (χ1n) is 7.32. The van der Waals surface area contributed by atoms with Crippen LogP contribution < -0.4 is 5.32 Å². The van der Waals surface area contributed by atoms with Gasteiger partial charge in [0.15, 0.2) is 0 Å². The number of thiophene rings is 1. The van der Waals surface area contributed by atoms with Crippen LogP contribution in [0, 0.1) is 5.82 Å². The van der Waals surface area contributed by atoms with Crippen molar-refractivity contribution in [3.8, 4) is 10.4 Å². The van der Waals surface area contributed by atoms with Gasteiger partial charge in [-0.15, -0.1) is 11.3 Å². The van der Waals surface area contributed by atoms with E-state index in [1.165, 1.54) is 34.8 Å². The SMILES string of the molecule is CN(CCCNC(=O)c1ccc(-c2ccc(F)cc2)s1)S(C)(=O)=O. The monoisotopic (exact) mass is 370 g/mol. The predicted octanol–water partition coefficient (Wildman–Crippen LogP) is 2.57. The van der Waals surface area contributed by atoms with E-state index in [-0.39, 0.29) is 11.7 Å². The van der Waals surface area contributed by atoms with E-state index in [0.717, 1.165) is 16.7 Å². The van der Waals surface area contributed by atoms with Crippen molar-refractivity contribution in [1.29, 1.82) is 0 Å². The first-order valence-corrected chi connectivity index (χ1v) is 9.99. The fourth-order valence-electron chi connectivity index (χ4n) is 1.99. The molecule has 1 N–H and O–H groups in total. The molecule has 5 nitrogen and oxygen atoms in total. The molecule has 8 heteroatoms. The second kappa shape index (κ2) is 7.87. The van der Waals surface area contributed by atoms with E-state index in [2.05, 4.69) is 5.32 Å². The topological polar surface area (TPSA) is 66.5 Å². The molecule has 2 rings (SSSR count). The molecule has 0 saturated carbocycles. The number of rotatable bonds is 7. The normalized spacial score (nSPS) is 11.7. The molecule has 24 heavy (non-hydrogen) atoms. The first-order chi connectivity index (χ1) is 11.3. The third-order valence-corrected chi connectivity index (χ3v) is 5.91. The smallest absolute Gasteiger partial charge is 0.261 e. The minimum Gasteiger partial charge on any atom is -0.351 e. The number of amides is 1. The van der Waals surface area contributed by atoms with Crippen molar-refractivity contribution >= 4 is 27.3 Å². The van der Waals surface area contributed by atoms with Gasteiger partial charge in [0.2, 0.25) is 10.0 Å². The van der Waals surface area contributed by atoms with Gasteiger partial charge in [0.1, 0.15) is 5.82 Å². The molecule has 0 spiro atoms. The van der Waals surface area contributed by atoms with Gasteiger partial charge in [0.25, 0.3) is 5.91 Å². The number of hydrogen-bond donors (Lipinski definition) is 1. The molecule has 0 bridgehead atoms. The van der Waals surface area contributed by atoms with Gasteiger partial charge in [0, 0.05) is 25.0 Å². The molecule has 0 atom stereocenters. The van der Waals surface area contributed by atoms with Crippen LogP contribution in [0.5, 0.6) is 0 Å². The molecule has 0 aliphatic heterocycles. The van der Waals surface area contributed by atoms with Crippen molar-refractivity contribution in [3.05, 3.63) is 47.1 Å². The summed E-state index contributed by atoms with van der Waals surface area (Å²) >= 11 is 1.33. The zero-order valence-corrected chi connectivity index (χ0v) is 15.1. The third-order valence-electron chi connectivity index (χ3n) is 3.46. The molecular formula is C16H19FN2O3S2. The van der Waals surface area contributed by atoms with Crippen LogP contribution in [-0.2, 0) is 10.0 Å². The highest BCUT2D eigenvalue weighted by molar-refractivity contribution is 7.88. The molecule has 0 aliphatic carbocycles. The van der Waals surface area contributed by atoms with Gasteiger partial charge in [-0.3, -0.25) is 4.79 Å². The second-order valence-corrected chi connectivity index (χ2v) is 8.54. The average Bonchev–Trinajstić information content (AvgIpc) is 3.01. The van der Waals surface area contributed by atoms with Crippen LogP contribution in [0.4, 0.5) is 4.39 Å². The molecule has 0 radical (unpaired) electrons. The van der Waals surface area contributed by atoms with Crippen LogP contribution in [0.25, 0.3) is 10.4 Å². The summed E-state index contributed by atoms with van der Waals surface area (Å²) in [5.41, 5.74) is 0.857. The Balaban J connectivity index is 1.86. The van der Waals surface area contributed by atoms with Crippen molar-refractivity contribution in [3.63, 3.8) is 0 Å². The van der Waals surface area contributed by atoms with Crippen molar-refractivity contribution in [2.75, 3.05) is 26.4 Å². The lowest BCUT2D eigenvalue weighted by Gasteiger charge is -2.13. The zero-order valence-electron chi connectivity index (χ0n) is 13.5. The molecule has 2 aromatic rings. The number of nitrogens with zero attached hydrogens (tertiary/aromatic N) is 1. The highest BCUT2D eigenvalue weighted by Crippen LogP contribution is 2.28. The summed E-state index contributed by atoms with van der Waals surface area (Å²) < 4.78 is 36.7. The zero-order chi connectivity index (χ0) is 17.7. The largest absolute Gasteiger partial charge is 0.351 e. The Kier molecular flexibility index (Phi) is 6.09. The Bertz CT molecular complexity index is 801. The number of sulfonamides is 1. The molecular weight excluding hydrogens is 351 g/mol. The Labute approximate surface area is 145 Å². The lowest BCUT2D eigenvalue weighted by Crippen LogP contribution is -2.30. The lowest BCUT2D eigenvalue weighted by atomic mass is 10.2. The Morgan fingerprint density at radius 1 is 1.21 bits per heavy atom. The third kappa shape index (κ3) is 5.12. The number of hydrogen-bond acceptors (Lipinski definition) is 4. The van der Waals surface area contributed by atoms with Gasteiger partial charge in [-0.05, 0) is 36.2 Å². The van der Waals surface area contributed by atoms with Gasteiger partial charge in [0.05, 0.1) is 11.1 Å². The van der Waals surface area contributed by atoms with E-state index in [1.54, 1.807) is 18.2 Å². The molecule has 1 aromatic heterocycles. The molecule has 130 valence electrons. The molecule has 0 fully saturated rings. The van der Waals surface area contributed by atoms with Crippen molar-refractivity contribution in [2.45, 2.75) is 6.42 Å². The van der Waals surface area contributed by atoms with Crippen LogP contribution in [0.15, 0.2) is 36.4 Å². The second-order valence-electron chi connectivity index (χ2n) is 5.36.